The number of esters is 1. The standard InChI is InChI=1S/C12H21NO3S/c1-3-4-8-17-9-11(14)13-7-5-6-10(13)12(15)16-2/h10H,3-9H2,1-2H3. The molecule has 98 valence electrons. The van der Waals surface area contributed by atoms with Crippen LogP contribution in [0.1, 0.15) is 32.6 Å². The Hall–Kier alpha value is -0.710. The van der Waals surface area contributed by atoms with Gasteiger partial charge in [-0.2, -0.15) is 11.8 Å². The SMILES string of the molecule is CCCCSCC(=O)N1CCCC1C(=O)OC. The van der Waals surface area contributed by atoms with Crippen molar-refractivity contribution < 1.29 is 14.3 Å². The summed E-state index contributed by atoms with van der Waals surface area (Å²) in [6, 6.07) is -0.348. The summed E-state index contributed by atoms with van der Waals surface area (Å²) in [5.41, 5.74) is 0. The van der Waals surface area contributed by atoms with Crippen LogP contribution in [-0.4, -0.2) is 48.0 Å². The van der Waals surface area contributed by atoms with Gasteiger partial charge in [-0.15, -0.1) is 0 Å². The Balaban J connectivity index is 2.37. The van der Waals surface area contributed by atoms with E-state index in [9.17, 15) is 9.59 Å². The molecular formula is C12H21NO3S. The molecule has 0 N–H and O–H groups in total. The van der Waals surface area contributed by atoms with E-state index in [1.165, 1.54) is 7.11 Å². The second-order valence-electron chi connectivity index (χ2n) is 4.17. The number of hydrogen-bond donors (Lipinski definition) is 0. The van der Waals surface area contributed by atoms with Gasteiger partial charge in [0.05, 0.1) is 12.9 Å². The molecule has 4 nitrogen and oxygen atoms in total. The molecule has 17 heavy (non-hydrogen) atoms. The highest BCUT2D eigenvalue weighted by Crippen LogP contribution is 2.19. The van der Waals surface area contributed by atoms with E-state index in [0.29, 0.717) is 12.3 Å². The normalized spacial score (nSPS) is 19.4. The first-order valence-electron chi connectivity index (χ1n) is 6.15. The molecular weight excluding hydrogens is 238 g/mol. The second kappa shape index (κ2) is 7.58. The number of thioether (sulfide) groups is 1. The summed E-state index contributed by atoms with van der Waals surface area (Å²) >= 11 is 1.65. The largest absolute Gasteiger partial charge is 0.467 e. The Kier molecular flexibility index (Phi) is 6.40. The van der Waals surface area contributed by atoms with E-state index in [2.05, 4.69) is 6.92 Å². The summed E-state index contributed by atoms with van der Waals surface area (Å²) < 4.78 is 4.72. The Bertz CT molecular complexity index is 270. The van der Waals surface area contributed by atoms with Crippen molar-refractivity contribution in [1.82, 2.24) is 4.90 Å². The van der Waals surface area contributed by atoms with E-state index < -0.39 is 0 Å². The molecule has 0 aliphatic carbocycles. The van der Waals surface area contributed by atoms with Crippen LogP contribution in [0.2, 0.25) is 0 Å². The lowest BCUT2D eigenvalue weighted by molar-refractivity contribution is -0.150. The Morgan fingerprint density at radius 3 is 2.88 bits per heavy atom. The van der Waals surface area contributed by atoms with Gasteiger partial charge in [-0.1, -0.05) is 13.3 Å². The number of ether oxygens (including phenoxy) is 1. The molecule has 0 saturated carbocycles. The van der Waals surface area contributed by atoms with Gasteiger partial charge in [-0.25, -0.2) is 4.79 Å². The van der Waals surface area contributed by atoms with Gasteiger partial charge < -0.3 is 9.64 Å². The van der Waals surface area contributed by atoms with Crippen molar-refractivity contribution in [3.8, 4) is 0 Å². The molecule has 1 aliphatic heterocycles. The lowest BCUT2D eigenvalue weighted by Gasteiger charge is -2.22. The quantitative estimate of drug-likeness (QED) is 0.538. The highest BCUT2D eigenvalue weighted by molar-refractivity contribution is 7.99. The molecule has 1 aliphatic rings. The maximum atomic E-state index is 11.9. The first-order valence-corrected chi connectivity index (χ1v) is 7.31. The van der Waals surface area contributed by atoms with Crippen molar-refractivity contribution in [2.24, 2.45) is 0 Å². The molecule has 1 fully saturated rings. The van der Waals surface area contributed by atoms with Crippen molar-refractivity contribution in [3.05, 3.63) is 0 Å². The van der Waals surface area contributed by atoms with Crippen LogP contribution in [0.25, 0.3) is 0 Å². The average Bonchev–Trinajstić information content (AvgIpc) is 2.82. The van der Waals surface area contributed by atoms with Gasteiger partial charge in [0.1, 0.15) is 6.04 Å². The number of carbonyl (C=O) groups is 2. The minimum Gasteiger partial charge on any atom is -0.467 e. The smallest absolute Gasteiger partial charge is 0.328 e. The second-order valence-corrected chi connectivity index (χ2v) is 5.28. The maximum Gasteiger partial charge on any atom is 0.328 e. The van der Waals surface area contributed by atoms with Crippen LogP contribution in [-0.2, 0) is 14.3 Å². The first kappa shape index (κ1) is 14.4. The molecule has 1 atom stereocenters. The molecule has 1 amide bonds. The summed E-state index contributed by atoms with van der Waals surface area (Å²) in [5, 5.41) is 0. The molecule has 1 rings (SSSR count). The van der Waals surface area contributed by atoms with Crippen molar-refractivity contribution in [1.29, 1.82) is 0 Å². The molecule has 0 aromatic heterocycles. The van der Waals surface area contributed by atoms with E-state index >= 15 is 0 Å². The third-order valence-corrected chi connectivity index (χ3v) is 3.94. The summed E-state index contributed by atoms with van der Waals surface area (Å²) in [6.07, 6.45) is 3.91. The van der Waals surface area contributed by atoms with Crippen LogP contribution < -0.4 is 0 Å². The molecule has 0 aromatic carbocycles. The van der Waals surface area contributed by atoms with Gasteiger partial charge >= 0.3 is 5.97 Å². The zero-order valence-electron chi connectivity index (χ0n) is 10.6. The number of amides is 1. The van der Waals surface area contributed by atoms with Crippen LogP contribution in [0.4, 0.5) is 0 Å². The first-order chi connectivity index (χ1) is 8.20. The molecule has 1 saturated heterocycles. The molecule has 0 bridgehead atoms. The lowest BCUT2D eigenvalue weighted by atomic mass is 10.2. The Labute approximate surface area is 107 Å². The predicted octanol–water partition coefficient (Wildman–Crippen LogP) is 1.68. The fourth-order valence-electron chi connectivity index (χ4n) is 1.94. The third-order valence-electron chi connectivity index (χ3n) is 2.91. The number of likely N-dealkylation sites (tertiary alicyclic amines) is 1. The molecule has 1 heterocycles. The fraction of sp³-hybridized carbons (Fsp3) is 0.833. The van der Waals surface area contributed by atoms with Gasteiger partial charge in [-0.05, 0) is 25.0 Å². The number of nitrogens with zero attached hydrogens (tertiary/aromatic N) is 1. The van der Waals surface area contributed by atoms with Crippen LogP contribution >= 0.6 is 11.8 Å². The summed E-state index contributed by atoms with van der Waals surface area (Å²) in [5.74, 6) is 1.28. The lowest BCUT2D eigenvalue weighted by Crippen LogP contribution is -2.42. The summed E-state index contributed by atoms with van der Waals surface area (Å²) in [7, 11) is 1.37. The van der Waals surface area contributed by atoms with Crippen LogP contribution in [0.15, 0.2) is 0 Å². The zero-order chi connectivity index (χ0) is 12.7. The summed E-state index contributed by atoms with van der Waals surface area (Å²) in [4.78, 5) is 25.1. The molecule has 5 heteroatoms. The average molecular weight is 259 g/mol. The minimum absolute atomic E-state index is 0.0685. The molecule has 0 radical (unpaired) electrons. The molecule has 0 spiro atoms. The minimum atomic E-state index is -0.348. The van der Waals surface area contributed by atoms with Gasteiger partial charge in [0.25, 0.3) is 0 Å². The van der Waals surface area contributed by atoms with Crippen molar-refractivity contribution in [2.75, 3.05) is 25.2 Å². The van der Waals surface area contributed by atoms with Crippen molar-refractivity contribution >= 4 is 23.6 Å². The van der Waals surface area contributed by atoms with Crippen molar-refractivity contribution in [3.63, 3.8) is 0 Å². The third kappa shape index (κ3) is 4.22. The van der Waals surface area contributed by atoms with E-state index in [4.69, 9.17) is 4.74 Å². The van der Waals surface area contributed by atoms with Crippen molar-refractivity contribution in [2.45, 2.75) is 38.6 Å². The van der Waals surface area contributed by atoms with Gasteiger partial charge in [0, 0.05) is 6.54 Å². The number of methoxy groups -OCH3 is 1. The molecule has 1 unspecified atom stereocenters. The van der Waals surface area contributed by atoms with Gasteiger partial charge in [0.2, 0.25) is 5.91 Å². The van der Waals surface area contributed by atoms with E-state index in [1.807, 2.05) is 0 Å². The van der Waals surface area contributed by atoms with E-state index in [1.54, 1.807) is 16.7 Å². The number of carbonyl (C=O) groups excluding carboxylic acids is 2. The number of unbranched alkanes of at least 4 members (excludes halogenated alkanes) is 1. The van der Waals surface area contributed by atoms with Crippen LogP contribution in [0, 0.1) is 0 Å². The fourth-order valence-corrected chi connectivity index (χ4v) is 2.91. The highest BCUT2D eigenvalue weighted by atomic mass is 32.2. The zero-order valence-corrected chi connectivity index (χ0v) is 11.4. The topological polar surface area (TPSA) is 46.6 Å². The van der Waals surface area contributed by atoms with Gasteiger partial charge in [-0.3, -0.25) is 4.79 Å². The van der Waals surface area contributed by atoms with Crippen LogP contribution in [0.5, 0.6) is 0 Å². The number of hydrogen-bond acceptors (Lipinski definition) is 4. The van der Waals surface area contributed by atoms with E-state index in [-0.39, 0.29) is 17.9 Å². The Morgan fingerprint density at radius 1 is 1.47 bits per heavy atom. The predicted molar refractivity (Wildman–Crippen MR) is 69.0 cm³/mol. The Morgan fingerprint density at radius 2 is 2.24 bits per heavy atom. The maximum absolute atomic E-state index is 11.9. The van der Waals surface area contributed by atoms with Crippen LogP contribution in [0.3, 0.4) is 0 Å². The number of rotatable bonds is 6. The van der Waals surface area contributed by atoms with Gasteiger partial charge in [0.15, 0.2) is 0 Å². The highest BCUT2D eigenvalue weighted by Gasteiger charge is 2.34. The summed E-state index contributed by atoms with van der Waals surface area (Å²) in [6.45, 7) is 2.82. The monoisotopic (exact) mass is 259 g/mol. The molecule has 0 aromatic rings. The van der Waals surface area contributed by atoms with E-state index in [0.717, 1.165) is 31.4 Å².